The molecule has 5 nitrogen and oxygen atoms in total. The van der Waals surface area contributed by atoms with E-state index in [0.717, 1.165) is 5.56 Å². The van der Waals surface area contributed by atoms with Crippen LogP contribution in [0.4, 0.5) is 0 Å². The summed E-state index contributed by atoms with van der Waals surface area (Å²) in [5.74, 6) is -0.646. The van der Waals surface area contributed by atoms with E-state index in [1.54, 1.807) is 23.6 Å². The average Bonchev–Trinajstić information content (AvgIpc) is 2.39. The van der Waals surface area contributed by atoms with Crippen LogP contribution in [0.1, 0.15) is 22.8 Å². The summed E-state index contributed by atoms with van der Waals surface area (Å²) in [6.45, 7) is 4.23. The predicted molar refractivity (Wildman–Crippen MR) is 72.1 cm³/mol. The van der Waals surface area contributed by atoms with Crippen molar-refractivity contribution >= 4 is 16.9 Å². The van der Waals surface area contributed by atoms with Crippen LogP contribution in [0.2, 0.25) is 0 Å². The molecule has 1 aromatic carbocycles. The van der Waals surface area contributed by atoms with Gasteiger partial charge in [0.15, 0.2) is 0 Å². The summed E-state index contributed by atoms with van der Waals surface area (Å²) in [4.78, 5) is 23.4. The number of pyridine rings is 1. The van der Waals surface area contributed by atoms with Crippen molar-refractivity contribution in [3.8, 4) is 5.75 Å². The molecule has 2 aromatic rings. The van der Waals surface area contributed by atoms with Gasteiger partial charge < -0.3 is 14.4 Å². The van der Waals surface area contributed by atoms with Gasteiger partial charge in [-0.2, -0.15) is 0 Å². The highest BCUT2D eigenvalue weighted by molar-refractivity contribution is 5.95. The maximum atomic E-state index is 12.3. The Bertz CT molecular complexity index is 715. The number of ether oxygens (including phenoxy) is 1. The zero-order chi connectivity index (χ0) is 14.2. The highest BCUT2D eigenvalue weighted by Crippen LogP contribution is 2.26. The second-order valence-electron chi connectivity index (χ2n) is 4.27. The summed E-state index contributed by atoms with van der Waals surface area (Å²) in [7, 11) is 1.53. The third-order valence-electron chi connectivity index (χ3n) is 3.18. The summed E-state index contributed by atoms with van der Waals surface area (Å²) in [5, 5.41) is 9.52. The predicted octanol–water partition coefficient (Wildman–Crippen LogP) is 2.04. The van der Waals surface area contributed by atoms with Crippen LogP contribution in [0.5, 0.6) is 5.75 Å². The first-order valence-electron chi connectivity index (χ1n) is 5.95. The molecule has 19 heavy (non-hydrogen) atoms. The minimum absolute atomic E-state index is 0.217. The molecule has 1 aromatic heterocycles. The maximum Gasteiger partial charge on any atom is 0.341 e. The fraction of sp³-hybridized carbons (Fsp3) is 0.286. The van der Waals surface area contributed by atoms with Gasteiger partial charge in [-0.3, -0.25) is 4.79 Å². The topological polar surface area (TPSA) is 68.5 Å². The Morgan fingerprint density at radius 1 is 1.42 bits per heavy atom. The number of nitrogens with zero attached hydrogens (tertiary/aromatic N) is 1. The number of carboxylic acids is 1. The van der Waals surface area contributed by atoms with Crippen molar-refractivity contribution in [2.24, 2.45) is 0 Å². The van der Waals surface area contributed by atoms with E-state index in [2.05, 4.69) is 0 Å². The quantitative estimate of drug-likeness (QED) is 0.918. The molecule has 0 bridgehead atoms. The van der Waals surface area contributed by atoms with Crippen LogP contribution in [0, 0.1) is 6.92 Å². The normalized spacial score (nSPS) is 10.7. The fourth-order valence-corrected chi connectivity index (χ4v) is 2.22. The molecule has 1 N–H and O–H groups in total. The largest absolute Gasteiger partial charge is 0.495 e. The number of fused-ring (bicyclic) bond motifs is 1. The zero-order valence-electron chi connectivity index (χ0n) is 11.1. The van der Waals surface area contributed by atoms with Gasteiger partial charge >= 0.3 is 5.97 Å². The van der Waals surface area contributed by atoms with Gasteiger partial charge in [-0.1, -0.05) is 6.07 Å². The van der Waals surface area contributed by atoms with Crippen LogP contribution in [0.3, 0.4) is 0 Å². The molecule has 1 heterocycles. The van der Waals surface area contributed by atoms with Crippen molar-refractivity contribution in [2.75, 3.05) is 7.11 Å². The highest BCUT2D eigenvalue weighted by Gasteiger charge is 2.17. The summed E-state index contributed by atoms with van der Waals surface area (Å²) < 4.78 is 7.00. The second kappa shape index (κ2) is 4.76. The molecule has 0 spiro atoms. The Morgan fingerprint density at radius 3 is 2.63 bits per heavy atom. The molecule has 2 rings (SSSR count). The third-order valence-corrected chi connectivity index (χ3v) is 3.18. The van der Waals surface area contributed by atoms with E-state index in [1.165, 1.54) is 13.3 Å². The van der Waals surface area contributed by atoms with Crippen LogP contribution in [-0.4, -0.2) is 22.8 Å². The Balaban J connectivity index is 3.06. The number of carbonyl (C=O) groups is 1. The number of methoxy groups -OCH3 is 1. The van der Waals surface area contributed by atoms with Crippen molar-refractivity contribution in [3.05, 3.63) is 39.7 Å². The summed E-state index contributed by atoms with van der Waals surface area (Å²) in [5.41, 5.74) is 0.695. The van der Waals surface area contributed by atoms with Gasteiger partial charge in [0.1, 0.15) is 11.3 Å². The van der Waals surface area contributed by atoms with Crippen molar-refractivity contribution in [2.45, 2.75) is 20.4 Å². The fourth-order valence-electron chi connectivity index (χ4n) is 2.22. The average molecular weight is 261 g/mol. The molecule has 5 heteroatoms. The van der Waals surface area contributed by atoms with E-state index in [-0.39, 0.29) is 5.56 Å². The van der Waals surface area contributed by atoms with Crippen LogP contribution < -0.4 is 10.2 Å². The van der Waals surface area contributed by atoms with E-state index in [1.807, 2.05) is 6.92 Å². The van der Waals surface area contributed by atoms with E-state index >= 15 is 0 Å². The lowest BCUT2D eigenvalue weighted by molar-refractivity contribution is 0.0695. The first-order valence-corrected chi connectivity index (χ1v) is 5.95. The number of rotatable bonds is 3. The number of carboxylic acid groups (broad SMARTS) is 1. The molecular weight excluding hydrogens is 246 g/mol. The second-order valence-corrected chi connectivity index (χ2v) is 4.27. The first kappa shape index (κ1) is 13.1. The minimum Gasteiger partial charge on any atom is -0.495 e. The van der Waals surface area contributed by atoms with Crippen molar-refractivity contribution < 1.29 is 14.6 Å². The maximum absolute atomic E-state index is 12.3. The lowest BCUT2D eigenvalue weighted by Gasteiger charge is -2.14. The van der Waals surface area contributed by atoms with Crippen molar-refractivity contribution in [1.29, 1.82) is 0 Å². The number of aromatic carboxylic acids is 1. The number of aromatic nitrogens is 1. The van der Waals surface area contributed by atoms with Crippen LogP contribution >= 0.6 is 0 Å². The highest BCUT2D eigenvalue weighted by atomic mass is 16.5. The Kier molecular flexibility index (Phi) is 3.29. The molecule has 0 fully saturated rings. The molecule has 0 atom stereocenters. The monoisotopic (exact) mass is 261 g/mol. The Morgan fingerprint density at radius 2 is 2.11 bits per heavy atom. The van der Waals surface area contributed by atoms with E-state index in [0.29, 0.717) is 23.2 Å². The summed E-state index contributed by atoms with van der Waals surface area (Å²) >= 11 is 0. The molecule has 0 saturated carbocycles. The van der Waals surface area contributed by atoms with Crippen LogP contribution in [-0.2, 0) is 6.54 Å². The van der Waals surface area contributed by atoms with E-state index in [9.17, 15) is 9.59 Å². The number of hydrogen-bond acceptors (Lipinski definition) is 3. The van der Waals surface area contributed by atoms with Gasteiger partial charge in [-0.15, -0.1) is 0 Å². The Hall–Kier alpha value is -2.30. The third kappa shape index (κ3) is 1.97. The number of benzene rings is 1. The molecule has 100 valence electrons. The standard InChI is InChI=1S/C14H15NO4/c1-4-15-7-9(14(17)18)13(16)11-8(2)5-6-10(19-3)12(11)15/h5-7H,4H2,1-3H3,(H,17,18). The van der Waals surface area contributed by atoms with Crippen molar-refractivity contribution in [3.63, 3.8) is 0 Å². The molecule has 0 amide bonds. The van der Waals surface area contributed by atoms with Crippen molar-refractivity contribution in [1.82, 2.24) is 4.57 Å². The Labute approximate surface area is 110 Å². The molecule has 0 aliphatic rings. The van der Waals surface area contributed by atoms with Gasteiger partial charge in [-0.25, -0.2) is 4.79 Å². The zero-order valence-corrected chi connectivity index (χ0v) is 11.1. The molecule has 0 radical (unpaired) electrons. The van der Waals surface area contributed by atoms with Gasteiger partial charge in [0.25, 0.3) is 0 Å². The molecule has 0 aliphatic carbocycles. The van der Waals surface area contributed by atoms with Gasteiger partial charge in [0.05, 0.1) is 18.0 Å². The van der Waals surface area contributed by atoms with Crippen LogP contribution in [0.25, 0.3) is 10.9 Å². The smallest absolute Gasteiger partial charge is 0.341 e. The molecule has 0 aliphatic heterocycles. The first-order chi connectivity index (χ1) is 9.01. The summed E-state index contributed by atoms with van der Waals surface area (Å²) in [6.07, 6.45) is 1.37. The van der Waals surface area contributed by atoms with E-state index in [4.69, 9.17) is 9.84 Å². The van der Waals surface area contributed by atoms with Gasteiger partial charge in [-0.05, 0) is 25.5 Å². The molecule has 0 unspecified atom stereocenters. The molecule has 0 saturated heterocycles. The lowest BCUT2D eigenvalue weighted by Crippen LogP contribution is -2.19. The van der Waals surface area contributed by atoms with Gasteiger partial charge in [0, 0.05) is 12.7 Å². The van der Waals surface area contributed by atoms with E-state index < -0.39 is 11.4 Å². The SMILES string of the molecule is CCn1cc(C(=O)O)c(=O)c2c(C)ccc(OC)c21. The minimum atomic E-state index is -1.21. The lowest BCUT2D eigenvalue weighted by atomic mass is 10.1. The molecular formula is C14H15NO4. The summed E-state index contributed by atoms with van der Waals surface area (Å²) in [6, 6.07) is 3.54. The van der Waals surface area contributed by atoms with Gasteiger partial charge in [0.2, 0.25) is 5.43 Å². The number of hydrogen-bond donors (Lipinski definition) is 1. The van der Waals surface area contributed by atoms with Crippen LogP contribution in [0.15, 0.2) is 23.1 Å². The number of aryl methyl sites for hydroxylation is 2.